The third-order valence-corrected chi connectivity index (χ3v) is 8.39. The first-order valence-corrected chi connectivity index (χ1v) is 13.0. The van der Waals surface area contributed by atoms with Gasteiger partial charge in [0.1, 0.15) is 0 Å². The number of halogens is 4. The van der Waals surface area contributed by atoms with Gasteiger partial charge in [0.2, 0.25) is 6.71 Å². The van der Waals surface area contributed by atoms with Crippen molar-refractivity contribution in [2.45, 2.75) is 0 Å². The monoisotopic (exact) mass is 654 g/mol. The summed E-state index contributed by atoms with van der Waals surface area (Å²) in [6.45, 7) is 0.0229. The van der Waals surface area contributed by atoms with Crippen molar-refractivity contribution in [3.63, 3.8) is 0 Å². The van der Waals surface area contributed by atoms with E-state index in [0.717, 1.165) is 17.9 Å². The highest BCUT2D eigenvalue weighted by Gasteiger charge is 2.30. The van der Waals surface area contributed by atoms with E-state index in [2.05, 4.69) is 155 Å². The summed E-state index contributed by atoms with van der Waals surface area (Å²) in [5.41, 5.74) is 3.75. The lowest BCUT2D eigenvalue weighted by molar-refractivity contribution is 1.65. The molecule has 0 aliphatic heterocycles. The Labute approximate surface area is 215 Å². The third-order valence-electron chi connectivity index (χ3n) is 5.68. The van der Waals surface area contributed by atoms with Gasteiger partial charge in [0.25, 0.3) is 0 Å². The number of fused-ring (bicyclic) bond motifs is 2. The van der Waals surface area contributed by atoms with Crippen molar-refractivity contribution >= 4 is 108 Å². The van der Waals surface area contributed by atoms with Gasteiger partial charge in [0.05, 0.1) is 0 Å². The summed E-state index contributed by atoms with van der Waals surface area (Å²) in [6.07, 6.45) is 0. The molecule has 0 nitrogen and oxygen atoms in total. The molecule has 0 radical (unpaired) electrons. The van der Waals surface area contributed by atoms with Gasteiger partial charge in [-0.1, -0.05) is 141 Å². The van der Waals surface area contributed by atoms with Crippen LogP contribution < -0.4 is 16.4 Å². The van der Waals surface area contributed by atoms with E-state index in [4.69, 9.17) is 0 Å². The lowest BCUT2D eigenvalue weighted by Crippen LogP contribution is -2.53. The van der Waals surface area contributed by atoms with Crippen LogP contribution in [0.5, 0.6) is 0 Å². The van der Waals surface area contributed by atoms with Gasteiger partial charge < -0.3 is 0 Å². The summed E-state index contributed by atoms with van der Waals surface area (Å²) >= 11 is 15.4. The van der Waals surface area contributed by atoms with Gasteiger partial charge in [-0.2, -0.15) is 0 Å². The smallest absolute Gasteiger partial charge is 0.0663 e. The molecule has 5 heteroatoms. The number of hydrogen-bond acceptors (Lipinski definition) is 0. The molecule has 150 valence electrons. The largest absolute Gasteiger partial charge is 0.245 e. The van der Waals surface area contributed by atoms with Crippen molar-refractivity contribution in [1.29, 1.82) is 0 Å². The average Bonchev–Trinajstić information content (AvgIpc) is 2.76. The first kappa shape index (κ1) is 21.5. The summed E-state index contributed by atoms with van der Waals surface area (Å²) in [4.78, 5) is 0. The van der Waals surface area contributed by atoms with Crippen LogP contribution in [0.4, 0.5) is 0 Å². The van der Waals surface area contributed by atoms with E-state index in [1.807, 2.05) is 0 Å². The van der Waals surface area contributed by atoms with Crippen LogP contribution in [-0.2, 0) is 0 Å². The highest BCUT2D eigenvalue weighted by atomic mass is 79.9. The van der Waals surface area contributed by atoms with Crippen LogP contribution in [0, 0.1) is 0 Å². The SMILES string of the molecule is Brc1cccc(Br)c1B(c1cccc2cccc(Br)c12)c1cccc2cccc(Br)c12. The van der Waals surface area contributed by atoms with E-state index < -0.39 is 0 Å². The first-order chi connectivity index (χ1) is 15.1. The fourth-order valence-corrected chi connectivity index (χ4v) is 7.07. The lowest BCUT2D eigenvalue weighted by atomic mass is 9.35. The molecule has 0 aromatic heterocycles. The molecule has 0 amide bonds. The molecule has 0 atom stereocenters. The maximum atomic E-state index is 3.85. The van der Waals surface area contributed by atoms with E-state index in [1.54, 1.807) is 0 Å². The fourth-order valence-electron chi connectivity index (χ4n) is 4.39. The maximum absolute atomic E-state index is 3.85. The van der Waals surface area contributed by atoms with Crippen LogP contribution in [-0.4, -0.2) is 6.71 Å². The zero-order chi connectivity index (χ0) is 21.5. The van der Waals surface area contributed by atoms with Crippen molar-refractivity contribution in [3.8, 4) is 0 Å². The summed E-state index contributed by atoms with van der Waals surface area (Å²) < 4.78 is 4.38. The van der Waals surface area contributed by atoms with Crippen LogP contribution in [0.15, 0.2) is 109 Å². The Balaban J connectivity index is 1.95. The summed E-state index contributed by atoms with van der Waals surface area (Å²) in [7, 11) is 0. The van der Waals surface area contributed by atoms with Crippen molar-refractivity contribution < 1.29 is 0 Å². The van der Waals surface area contributed by atoms with E-state index in [-0.39, 0.29) is 6.71 Å². The molecule has 0 aliphatic rings. The minimum absolute atomic E-state index is 0.0229. The molecule has 0 bridgehead atoms. The topological polar surface area (TPSA) is 0 Å². The second kappa shape index (κ2) is 8.86. The molecule has 0 unspecified atom stereocenters. The van der Waals surface area contributed by atoms with Gasteiger partial charge in [-0.3, -0.25) is 0 Å². The predicted octanol–water partition coefficient (Wildman–Crippen LogP) is 7.56. The molecule has 0 saturated carbocycles. The quantitative estimate of drug-likeness (QED) is 0.176. The molecular weight excluding hydrogens is 643 g/mol. The van der Waals surface area contributed by atoms with Gasteiger partial charge in [-0.25, -0.2) is 0 Å². The van der Waals surface area contributed by atoms with Gasteiger partial charge >= 0.3 is 0 Å². The molecule has 5 aromatic rings. The fraction of sp³-hybridized carbons (Fsp3) is 0. The third kappa shape index (κ3) is 3.84. The number of rotatable bonds is 3. The molecule has 0 fully saturated rings. The van der Waals surface area contributed by atoms with Crippen molar-refractivity contribution in [1.82, 2.24) is 0 Å². The molecule has 0 spiro atoms. The van der Waals surface area contributed by atoms with E-state index in [9.17, 15) is 0 Å². The molecule has 0 aliphatic carbocycles. The second-order valence-electron chi connectivity index (χ2n) is 7.44. The second-order valence-corrected chi connectivity index (χ2v) is 10.9. The minimum Gasteiger partial charge on any atom is -0.0663 e. The molecular formula is C26H15BBr4. The van der Waals surface area contributed by atoms with Gasteiger partial charge in [0, 0.05) is 17.9 Å². The van der Waals surface area contributed by atoms with Crippen LogP contribution in [0.25, 0.3) is 21.5 Å². The average molecular weight is 658 g/mol. The Morgan fingerprint density at radius 1 is 0.419 bits per heavy atom. The maximum Gasteiger partial charge on any atom is 0.245 e. The van der Waals surface area contributed by atoms with Gasteiger partial charge in [-0.05, 0) is 51.3 Å². The van der Waals surface area contributed by atoms with Crippen molar-refractivity contribution in [3.05, 3.63) is 109 Å². The van der Waals surface area contributed by atoms with Gasteiger partial charge in [-0.15, -0.1) is 0 Å². The molecule has 5 rings (SSSR count). The van der Waals surface area contributed by atoms with E-state index in [1.165, 1.54) is 37.9 Å². The standard InChI is InChI=1S/C26H15BBr4/c28-20-12-3-8-16-6-1-10-18(24(16)20)27(26-22(30)14-5-15-23(26)31)19-11-2-7-17-9-4-13-21(29)25(17)19/h1-15H. The van der Waals surface area contributed by atoms with Crippen LogP contribution >= 0.6 is 63.7 Å². The predicted molar refractivity (Wildman–Crippen MR) is 150 cm³/mol. The Morgan fingerprint density at radius 3 is 1.23 bits per heavy atom. The molecule has 0 N–H and O–H groups in total. The lowest BCUT2D eigenvalue weighted by Gasteiger charge is -2.23. The summed E-state index contributed by atoms with van der Waals surface area (Å²) in [6, 6.07) is 32.2. The zero-order valence-electron chi connectivity index (χ0n) is 16.2. The van der Waals surface area contributed by atoms with Crippen molar-refractivity contribution in [2.75, 3.05) is 0 Å². The van der Waals surface area contributed by atoms with Crippen molar-refractivity contribution in [2.24, 2.45) is 0 Å². The Hall–Kier alpha value is -1.40. The summed E-state index contributed by atoms with van der Waals surface area (Å²) in [5.74, 6) is 0. The van der Waals surface area contributed by atoms with Crippen LogP contribution in [0.3, 0.4) is 0 Å². The van der Waals surface area contributed by atoms with Crippen LogP contribution in [0.2, 0.25) is 0 Å². The highest BCUT2D eigenvalue weighted by molar-refractivity contribution is 9.11. The highest BCUT2D eigenvalue weighted by Crippen LogP contribution is 2.27. The first-order valence-electron chi connectivity index (χ1n) is 9.84. The normalized spacial score (nSPS) is 11.2. The Bertz CT molecular complexity index is 1330. The molecule has 0 heterocycles. The summed E-state index contributed by atoms with van der Waals surface area (Å²) in [5, 5.41) is 4.92. The Morgan fingerprint density at radius 2 is 0.774 bits per heavy atom. The van der Waals surface area contributed by atoms with E-state index >= 15 is 0 Å². The zero-order valence-corrected chi connectivity index (χ0v) is 22.6. The number of hydrogen-bond donors (Lipinski definition) is 0. The minimum atomic E-state index is 0.0229. The van der Waals surface area contributed by atoms with Crippen LogP contribution in [0.1, 0.15) is 0 Å². The Kier molecular flexibility index (Phi) is 6.13. The molecule has 0 saturated heterocycles. The molecule has 31 heavy (non-hydrogen) atoms. The molecule has 5 aromatic carbocycles. The van der Waals surface area contributed by atoms with E-state index in [0.29, 0.717) is 0 Å². The van der Waals surface area contributed by atoms with Gasteiger partial charge in [0.15, 0.2) is 0 Å². The number of benzene rings is 5.